The number of aromatic nitrogens is 2. The van der Waals surface area contributed by atoms with Crippen LogP contribution < -0.4 is 5.32 Å². The molecule has 5 nitrogen and oxygen atoms in total. The Hall–Kier alpha value is -2.57. The van der Waals surface area contributed by atoms with Gasteiger partial charge >= 0.3 is 0 Å². The van der Waals surface area contributed by atoms with Crippen LogP contribution in [-0.4, -0.2) is 33.9 Å². The number of para-hydroxylation sites is 1. The molecule has 1 aromatic carbocycles. The Bertz CT molecular complexity index is 710. The molecular formula is C17H18F2N4O. The van der Waals surface area contributed by atoms with E-state index in [1.54, 1.807) is 4.90 Å². The third kappa shape index (κ3) is 3.67. The molecule has 7 heteroatoms. The number of hydrogen-bond acceptors (Lipinski definition) is 4. The lowest BCUT2D eigenvalue weighted by Crippen LogP contribution is -2.32. The highest BCUT2D eigenvalue weighted by atomic mass is 19.1. The number of carbonyl (C=O) groups is 1. The minimum Gasteiger partial charge on any atom is -0.337 e. The van der Waals surface area contributed by atoms with Crippen molar-refractivity contribution in [2.24, 2.45) is 0 Å². The Labute approximate surface area is 138 Å². The second-order valence-corrected chi connectivity index (χ2v) is 5.72. The zero-order valence-corrected chi connectivity index (χ0v) is 13.1. The molecular weight excluding hydrogens is 314 g/mol. The summed E-state index contributed by atoms with van der Waals surface area (Å²) >= 11 is 0. The van der Waals surface area contributed by atoms with Gasteiger partial charge in [-0.05, 0) is 25.0 Å². The van der Waals surface area contributed by atoms with Crippen molar-refractivity contribution in [1.29, 1.82) is 0 Å². The van der Waals surface area contributed by atoms with Gasteiger partial charge in [0.05, 0.1) is 0 Å². The molecule has 0 unspecified atom stereocenters. The molecule has 1 aromatic heterocycles. The van der Waals surface area contributed by atoms with E-state index in [1.807, 2.05) is 0 Å². The van der Waals surface area contributed by atoms with Crippen molar-refractivity contribution in [2.45, 2.75) is 25.7 Å². The number of amides is 1. The van der Waals surface area contributed by atoms with E-state index in [1.165, 1.54) is 18.5 Å². The minimum absolute atomic E-state index is 0.173. The molecule has 1 aliphatic heterocycles. The van der Waals surface area contributed by atoms with Crippen molar-refractivity contribution >= 4 is 17.4 Å². The first kappa shape index (κ1) is 16.3. The Morgan fingerprint density at radius 3 is 2.38 bits per heavy atom. The number of hydrogen-bond donors (Lipinski definition) is 1. The molecule has 0 saturated carbocycles. The molecule has 2 heterocycles. The number of carbonyl (C=O) groups excluding carboxylic acids is 1. The molecule has 0 bridgehead atoms. The topological polar surface area (TPSA) is 58.1 Å². The van der Waals surface area contributed by atoms with E-state index >= 15 is 0 Å². The minimum atomic E-state index is -0.728. The lowest BCUT2D eigenvalue weighted by Gasteiger charge is -2.19. The van der Waals surface area contributed by atoms with E-state index in [0.717, 1.165) is 37.8 Å². The molecule has 1 saturated heterocycles. The van der Waals surface area contributed by atoms with Crippen LogP contribution in [-0.2, 0) is 0 Å². The van der Waals surface area contributed by atoms with Crippen LogP contribution in [0, 0.1) is 11.6 Å². The second-order valence-electron chi connectivity index (χ2n) is 5.72. The van der Waals surface area contributed by atoms with E-state index < -0.39 is 11.6 Å². The van der Waals surface area contributed by atoms with Crippen LogP contribution in [0.4, 0.5) is 20.3 Å². The largest absolute Gasteiger partial charge is 0.337 e. The van der Waals surface area contributed by atoms with Gasteiger partial charge < -0.3 is 10.2 Å². The maximum absolute atomic E-state index is 13.7. The lowest BCUT2D eigenvalue weighted by atomic mass is 10.2. The fourth-order valence-corrected chi connectivity index (χ4v) is 2.72. The first-order valence-corrected chi connectivity index (χ1v) is 7.97. The number of likely N-dealkylation sites (tertiary alicyclic amines) is 1. The van der Waals surface area contributed by atoms with Gasteiger partial charge in [-0.15, -0.1) is 0 Å². The van der Waals surface area contributed by atoms with E-state index in [0.29, 0.717) is 13.1 Å². The van der Waals surface area contributed by atoms with E-state index in [-0.39, 0.29) is 23.1 Å². The van der Waals surface area contributed by atoms with Crippen LogP contribution in [0.5, 0.6) is 0 Å². The highest BCUT2D eigenvalue weighted by Crippen LogP contribution is 2.22. The van der Waals surface area contributed by atoms with Gasteiger partial charge in [-0.1, -0.05) is 18.9 Å². The average molecular weight is 332 g/mol. The third-order valence-corrected chi connectivity index (χ3v) is 4.00. The van der Waals surface area contributed by atoms with E-state index in [4.69, 9.17) is 0 Å². The first-order valence-electron chi connectivity index (χ1n) is 7.97. The maximum Gasteiger partial charge on any atom is 0.272 e. The van der Waals surface area contributed by atoms with Gasteiger partial charge in [-0.25, -0.2) is 18.7 Å². The fourth-order valence-electron chi connectivity index (χ4n) is 2.72. The van der Waals surface area contributed by atoms with Gasteiger partial charge in [-0.3, -0.25) is 4.79 Å². The predicted octanol–water partition coefficient (Wildman–Crippen LogP) is 3.51. The zero-order valence-electron chi connectivity index (χ0n) is 13.1. The summed E-state index contributed by atoms with van der Waals surface area (Å²) in [6.07, 6.45) is 5.40. The van der Waals surface area contributed by atoms with Crippen LogP contribution in [0.3, 0.4) is 0 Å². The van der Waals surface area contributed by atoms with Crippen molar-refractivity contribution in [3.8, 4) is 0 Å². The Morgan fingerprint density at radius 1 is 1.04 bits per heavy atom. The van der Waals surface area contributed by atoms with Crippen LogP contribution >= 0.6 is 0 Å². The average Bonchev–Trinajstić information content (AvgIpc) is 2.87. The Morgan fingerprint density at radius 2 is 1.71 bits per heavy atom. The number of nitrogens with zero attached hydrogens (tertiary/aromatic N) is 3. The van der Waals surface area contributed by atoms with Gasteiger partial charge in [-0.2, -0.15) is 0 Å². The first-order chi connectivity index (χ1) is 11.6. The highest BCUT2D eigenvalue weighted by Gasteiger charge is 2.19. The monoisotopic (exact) mass is 332 g/mol. The van der Waals surface area contributed by atoms with E-state index in [2.05, 4.69) is 15.3 Å². The summed E-state index contributed by atoms with van der Waals surface area (Å²) in [6, 6.07) is 5.00. The molecule has 1 amide bonds. The van der Waals surface area contributed by atoms with Gasteiger partial charge in [0.25, 0.3) is 5.91 Å². The van der Waals surface area contributed by atoms with Crippen molar-refractivity contribution in [1.82, 2.24) is 14.9 Å². The summed E-state index contributed by atoms with van der Waals surface area (Å²) in [5.41, 5.74) is -0.0875. The predicted molar refractivity (Wildman–Crippen MR) is 86.0 cm³/mol. The molecule has 0 atom stereocenters. The highest BCUT2D eigenvalue weighted by molar-refractivity contribution is 5.93. The number of anilines is 2. The standard InChI is InChI=1S/C17H18F2N4O/c18-12-6-5-7-13(19)16(12)22-15-10-14(20-11-21-15)17(24)23-8-3-1-2-4-9-23/h5-7,10-11H,1-4,8-9H2,(H,20,21,22). The molecule has 1 aliphatic rings. The van der Waals surface area contributed by atoms with Crippen LogP contribution in [0.2, 0.25) is 0 Å². The summed E-state index contributed by atoms with van der Waals surface area (Å²) in [5, 5.41) is 2.58. The normalized spacial score (nSPS) is 15.0. The molecule has 0 aliphatic carbocycles. The SMILES string of the molecule is O=C(c1cc(Nc2c(F)cccc2F)ncn1)N1CCCCCC1. The van der Waals surface area contributed by atoms with Crippen molar-refractivity contribution < 1.29 is 13.6 Å². The van der Waals surface area contributed by atoms with Gasteiger partial charge in [0.2, 0.25) is 0 Å². The summed E-state index contributed by atoms with van der Waals surface area (Å²) in [4.78, 5) is 22.3. The van der Waals surface area contributed by atoms with Gasteiger partial charge in [0.1, 0.15) is 35.2 Å². The van der Waals surface area contributed by atoms with Crippen molar-refractivity contribution in [2.75, 3.05) is 18.4 Å². The van der Waals surface area contributed by atoms with Gasteiger partial charge in [0.15, 0.2) is 0 Å². The van der Waals surface area contributed by atoms with Crippen LogP contribution in [0.1, 0.15) is 36.2 Å². The number of halogens is 2. The fraction of sp³-hybridized carbons (Fsp3) is 0.353. The lowest BCUT2D eigenvalue weighted by molar-refractivity contribution is 0.0755. The number of benzene rings is 1. The molecule has 126 valence electrons. The van der Waals surface area contributed by atoms with Crippen molar-refractivity contribution in [3.05, 3.63) is 47.9 Å². The van der Waals surface area contributed by atoms with Crippen LogP contribution in [0.25, 0.3) is 0 Å². The summed E-state index contributed by atoms with van der Waals surface area (Å²) in [7, 11) is 0. The molecule has 1 fully saturated rings. The third-order valence-electron chi connectivity index (χ3n) is 4.00. The summed E-state index contributed by atoms with van der Waals surface area (Å²) in [6.45, 7) is 1.40. The smallest absolute Gasteiger partial charge is 0.272 e. The molecule has 24 heavy (non-hydrogen) atoms. The molecule has 1 N–H and O–H groups in total. The Balaban J connectivity index is 1.80. The quantitative estimate of drug-likeness (QED) is 0.934. The molecule has 3 rings (SSSR count). The number of nitrogens with one attached hydrogen (secondary N) is 1. The van der Waals surface area contributed by atoms with Crippen LogP contribution in [0.15, 0.2) is 30.6 Å². The molecule has 2 aromatic rings. The number of rotatable bonds is 3. The van der Waals surface area contributed by atoms with Gasteiger partial charge in [0, 0.05) is 19.2 Å². The van der Waals surface area contributed by atoms with Crippen molar-refractivity contribution in [3.63, 3.8) is 0 Å². The maximum atomic E-state index is 13.7. The zero-order chi connectivity index (χ0) is 16.9. The molecule has 0 spiro atoms. The second kappa shape index (κ2) is 7.33. The summed E-state index contributed by atoms with van der Waals surface area (Å²) in [5.74, 6) is -1.47. The Kier molecular flexibility index (Phi) is 4.98. The molecule has 0 radical (unpaired) electrons. The van der Waals surface area contributed by atoms with E-state index in [9.17, 15) is 13.6 Å². The summed E-state index contributed by atoms with van der Waals surface area (Å²) < 4.78 is 27.4.